The van der Waals surface area contributed by atoms with Crippen LogP contribution in [-0.2, 0) is 0 Å². The van der Waals surface area contributed by atoms with Gasteiger partial charge in [-0.15, -0.1) is 0 Å². The molecule has 2 aromatic rings. The number of nitriles is 1. The van der Waals surface area contributed by atoms with Crippen LogP contribution in [0, 0.1) is 11.3 Å². The van der Waals surface area contributed by atoms with E-state index in [4.69, 9.17) is 10.00 Å². The van der Waals surface area contributed by atoms with E-state index in [0.29, 0.717) is 18.8 Å². The Bertz CT molecular complexity index is 696. The molecule has 0 aliphatic carbocycles. The second-order valence-electron chi connectivity index (χ2n) is 5.21. The van der Waals surface area contributed by atoms with Crippen molar-refractivity contribution < 1.29 is 9.84 Å². The Labute approximate surface area is 128 Å². The molecule has 1 saturated heterocycles. The number of rotatable bonds is 3. The zero-order valence-electron chi connectivity index (χ0n) is 12.2. The van der Waals surface area contributed by atoms with Crippen LogP contribution in [0.2, 0.25) is 0 Å². The topological polar surface area (TPSA) is 82.3 Å². The van der Waals surface area contributed by atoms with Gasteiger partial charge in [-0.25, -0.2) is 9.97 Å². The predicted octanol–water partition coefficient (Wildman–Crippen LogP) is 1.67. The van der Waals surface area contributed by atoms with Crippen molar-refractivity contribution in [2.24, 2.45) is 0 Å². The normalized spacial score (nSPS) is 20.7. The minimum absolute atomic E-state index is 0.00679. The number of hydrogen-bond donors (Lipinski definition) is 1. The highest BCUT2D eigenvalue weighted by Crippen LogP contribution is 2.36. The summed E-state index contributed by atoms with van der Waals surface area (Å²) in [5, 5.41) is 18.9. The van der Waals surface area contributed by atoms with E-state index in [2.05, 4.69) is 9.97 Å². The Morgan fingerprint density at radius 2 is 2.23 bits per heavy atom. The molecule has 112 valence electrons. The molecular formula is C16H16N4O2. The fourth-order valence-corrected chi connectivity index (χ4v) is 2.76. The van der Waals surface area contributed by atoms with Crippen LogP contribution in [0.4, 0.5) is 5.82 Å². The molecule has 22 heavy (non-hydrogen) atoms. The summed E-state index contributed by atoms with van der Waals surface area (Å²) in [7, 11) is 1.63. The number of hydrogen-bond acceptors (Lipinski definition) is 6. The van der Waals surface area contributed by atoms with Gasteiger partial charge in [-0.1, -0.05) is 12.1 Å². The maximum atomic E-state index is 10.0. The molecule has 1 aromatic heterocycles. The summed E-state index contributed by atoms with van der Waals surface area (Å²) >= 11 is 0. The SMILES string of the molecule is COc1cccc([C@H]2C[C@@H](O)CN2c2cnc(C#N)cn2)c1. The first-order chi connectivity index (χ1) is 10.7. The number of anilines is 1. The van der Waals surface area contributed by atoms with Gasteiger partial charge in [-0.3, -0.25) is 0 Å². The first-order valence-corrected chi connectivity index (χ1v) is 7.02. The summed E-state index contributed by atoms with van der Waals surface area (Å²) in [6.07, 6.45) is 3.22. The molecule has 1 aromatic carbocycles. The lowest BCUT2D eigenvalue weighted by atomic mass is 10.0. The summed E-state index contributed by atoms with van der Waals surface area (Å²) in [6.45, 7) is 0.489. The van der Waals surface area contributed by atoms with E-state index in [1.165, 1.54) is 6.20 Å². The standard InChI is InChI=1S/C16H16N4O2/c1-22-14-4-2-3-11(5-14)15-6-13(21)10-20(15)16-9-18-12(7-17)8-19-16/h2-5,8-9,13,15,21H,6,10H2,1H3/t13-,15-/m1/s1. The lowest BCUT2D eigenvalue weighted by Crippen LogP contribution is -2.25. The average Bonchev–Trinajstić information content (AvgIpc) is 2.97. The Balaban J connectivity index is 1.92. The highest BCUT2D eigenvalue weighted by atomic mass is 16.5. The monoisotopic (exact) mass is 296 g/mol. The third-order valence-electron chi connectivity index (χ3n) is 3.80. The number of β-amino-alcohol motifs (C(OH)–C–C–N with tert-alkyl or cyclic N) is 1. The molecular weight excluding hydrogens is 280 g/mol. The maximum absolute atomic E-state index is 10.0. The van der Waals surface area contributed by atoms with Crippen LogP contribution < -0.4 is 9.64 Å². The van der Waals surface area contributed by atoms with E-state index in [-0.39, 0.29) is 11.7 Å². The summed E-state index contributed by atoms with van der Waals surface area (Å²) < 4.78 is 5.27. The van der Waals surface area contributed by atoms with Gasteiger partial charge in [0.15, 0.2) is 5.69 Å². The molecule has 0 bridgehead atoms. The largest absolute Gasteiger partial charge is 0.497 e. The molecule has 6 heteroatoms. The summed E-state index contributed by atoms with van der Waals surface area (Å²) in [6, 6.07) is 9.76. The maximum Gasteiger partial charge on any atom is 0.158 e. The number of nitrogens with zero attached hydrogens (tertiary/aromatic N) is 4. The van der Waals surface area contributed by atoms with Crippen LogP contribution in [0.15, 0.2) is 36.7 Å². The Hall–Kier alpha value is -2.65. The van der Waals surface area contributed by atoms with Crippen molar-refractivity contribution in [2.75, 3.05) is 18.6 Å². The van der Waals surface area contributed by atoms with Crippen LogP contribution in [0.1, 0.15) is 23.7 Å². The van der Waals surface area contributed by atoms with Crippen molar-refractivity contribution >= 4 is 5.82 Å². The van der Waals surface area contributed by atoms with Crippen molar-refractivity contribution in [3.63, 3.8) is 0 Å². The van der Waals surface area contributed by atoms with E-state index >= 15 is 0 Å². The van der Waals surface area contributed by atoms with Gasteiger partial charge in [0.25, 0.3) is 0 Å². The molecule has 0 unspecified atom stereocenters. The lowest BCUT2D eigenvalue weighted by Gasteiger charge is -2.25. The van der Waals surface area contributed by atoms with Gasteiger partial charge < -0.3 is 14.7 Å². The molecule has 2 atom stereocenters. The van der Waals surface area contributed by atoms with Gasteiger partial charge in [0.05, 0.1) is 31.6 Å². The summed E-state index contributed by atoms with van der Waals surface area (Å²) in [5.41, 5.74) is 1.34. The minimum Gasteiger partial charge on any atom is -0.497 e. The Kier molecular flexibility index (Phi) is 3.90. The first-order valence-electron chi connectivity index (χ1n) is 7.02. The number of aromatic nitrogens is 2. The van der Waals surface area contributed by atoms with Gasteiger partial charge in [0.2, 0.25) is 0 Å². The van der Waals surface area contributed by atoms with Crippen molar-refractivity contribution in [3.05, 3.63) is 47.9 Å². The Morgan fingerprint density at radius 1 is 1.36 bits per heavy atom. The summed E-state index contributed by atoms with van der Waals surface area (Å²) in [5.74, 6) is 1.44. The fraction of sp³-hybridized carbons (Fsp3) is 0.312. The van der Waals surface area contributed by atoms with E-state index in [0.717, 1.165) is 11.3 Å². The van der Waals surface area contributed by atoms with Gasteiger partial charge in [0, 0.05) is 6.54 Å². The second-order valence-corrected chi connectivity index (χ2v) is 5.21. The highest BCUT2D eigenvalue weighted by Gasteiger charge is 2.33. The first kappa shape index (κ1) is 14.3. The third-order valence-corrected chi connectivity index (χ3v) is 3.80. The lowest BCUT2D eigenvalue weighted by molar-refractivity contribution is 0.194. The van der Waals surface area contributed by atoms with Crippen LogP contribution in [0.25, 0.3) is 0 Å². The van der Waals surface area contributed by atoms with Crippen LogP contribution in [-0.4, -0.2) is 34.8 Å². The van der Waals surface area contributed by atoms with E-state index < -0.39 is 6.10 Å². The van der Waals surface area contributed by atoms with Crippen molar-refractivity contribution in [2.45, 2.75) is 18.6 Å². The second kappa shape index (κ2) is 6.00. The molecule has 6 nitrogen and oxygen atoms in total. The quantitative estimate of drug-likeness (QED) is 0.927. The zero-order chi connectivity index (χ0) is 15.5. The smallest absolute Gasteiger partial charge is 0.158 e. The molecule has 0 radical (unpaired) electrons. The van der Waals surface area contributed by atoms with Gasteiger partial charge in [-0.2, -0.15) is 5.26 Å². The predicted molar refractivity (Wildman–Crippen MR) is 80.5 cm³/mol. The minimum atomic E-state index is -0.423. The average molecular weight is 296 g/mol. The van der Waals surface area contributed by atoms with E-state index in [1.807, 2.05) is 35.2 Å². The van der Waals surface area contributed by atoms with Crippen molar-refractivity contribution in [3.8, 4) is 11.8 Å². The molecule has 1 fully saturated rings. The van der Waals surface area contributed by atoms with Crippen LogP contribution in [0.5, 0.6) is 5.75 Å². The van der Waals surface area contributed by atoms with Crippen LogP contribution in [0.3, 0.4) is 0 Å². The van der Waals surface area contributed by atoms with E-state index in [9.17, 15) is 5.11 Å². The third kappa shape index (κ3) is 2.71. The molecule has 1 aliphatic rings. The van der Waals surface area contributed by atoms with E-state index in [1.54, 1.807) is 13.3 Å². The number of ether oxygens (including phenoxy) is 1. The molecule has 0 amide bonds. The van der Waals surface area contributed by atoms with Crippen LogP contribution >= 0.6 is 0 Å². The number of benzene rings is 1. The van der Waals surface area contributed by atoms with Gasteiger partial charge in [-0.05, 0) is 24.1 Å². The zero-order valence-corrected chi connectivity index (χ0v) is 12.2. The fourth-order valence-electron chi connectivity index (χ4n) is 2.76. The molecule has 1 aliphatic heterocycles. The molecule has 0 spiro atoms. The van der Waals surface area contributed by atoms with Crippen molar-refractivity contribution in [1.82, 2.24) is 9.97 Å². The van der Waals surface area contributed by atoms with Gasteiger partial charge in [0.1, 0.15) is 17.6 Å². The summed E-state index contributed by atoms with van der Waals surface area (Å²) in [4.78, 5) is 10.3. The number of methoxy groups -OCH3 is 1. The molecule has 2 heterocycles. The van der Waals surface area contributed by atoms with Crippen molar-refractivity contribution in [1.29, 1.82) is 5.26 Å². The Morgan fingerprint density at radius 3 is 2.91 bits per heavy atom. The molecule has 0 saturated carbocycles. The van der Waals surface area contributed by atoms with Gasteiger partial charge >= 0.3 is 0 Å². The highest BCUT2D eigenvalue weighted by molar-refractivity contribution is 5.45. The molecule has 1 N–H and O–H groups in total. The number of aliphatic hydroxyl groups is 1. The molecule has 3 rings (SSSR count). The number of aliphatic hydroxyl groups excluding tert-OH is 1.